The molecule has 0 aromatic heterocycles. The molecule has 0 bridgehead atoms. The molecule has 1 heterocycles. The summed E-state index contributed by atoms with van der Waals surface area (Å²) in [5.41, 5.74) is 0.859. The highest BCUT2D eigenvalue weighted by molar-refractivity contribution is 6.22. The molecule has 25 heavy (non-hydrogen) atoms. The Labute approximate surface area is 145 Å². The van der Waals surface area contributed by atoms with Crippen molar-refractivity contribution in [3.05, 3.63) is 34.9 Å². The van der Waals surface area contributed by atoms with Crippen LogP contribution >= 0.6 is 0 Å². The van der Waals surface area contributed by atoms with E-state index in [0.717, 1.165) is 0 Å². The fourth-order valence-electron chi connectivity index (χ4n) is 2.51. The van der Waals surface area contributed by atoms with E-state index in [1.165, 1.54) is 23.1 Å². The van der Waals surface area contributed by atoms with Crippen molar-refractivity contribution in [3.8, 4) is 0 Å². The van der Waals surface area contributed by atoms with Gasteiger partial charge in [-0.05, 0) is 24.6 Å². The van der Waals surface area contributed by atoms with Crippen LogP contribution in [0, 0.1) is 0 Å². The van der Waals surface area contributed by atoms with Crippen molar-refractivity contribution in [3.63, 3.8) is 0 Å². The number of amides is 3. The summed E-state index contributed by atoms with van der Waals surface area (Å²) >= 11 is 0. The molecular formula is C17H22N2O6. The molecule has 0 radical (unpaired) electrons. The number of methoxy groups -OCH3 is 1. The largest absolute Gasteiger partial charge is 0.394 e. The number of benzene rings is 1. The quantitative estimate of drug-likeness (QED) is 0.457. The summed E-state index contributed by atoms with van der Waals surface area (Å²) < 4.78 is 9.99. The smallest absolute Gasteiger partial charge is 0.261 e. The van der Waals surface area contributed by atoms with Crippen LogP contribution in [0.15, 0.2) is 18.2 Å². The van der Waals surface area contributed by atoms with E-state index in [-0.39, 0.29) is 50.3 Å². The molecule has 0 atom stereocenters. The van der Waals surface area contributed by atoms with Gasteiger partial charge in [-0.3, -0.25) is 19.3 Å². The van der Waals surface area contributed by atoms with Crippen molar-refractivity contribution in [1.82, 2.24) is 10.2 Å². The first-order chi connectivity index (χ1) is 12.1. The third kappa shape index (κ3) is 4.62. The van der Waals surface area contributed by atoms with Gasteiger partial charge in [0, 0.05) is 32.4 Å². The number of aliphatic hydroxyl groups excluding tert-OH is 1. The molecule has 3 amide bonds. The first-order valence-corrected chi connectivity index (χ1v) is 8.06. The Morgan fingerprint density at radius 1 is 1.16 bits per heavy atom. The maximum atomic E-state index is 12.4. The minimum Gasteiger partial charge on any atom is -0.394 e. The summed E-state index contributed by atoms with van der Waals surface area (Å²) in [7, 11) is 1.56. The van der Waals surface area contributed by atoms with Crippen molar-refractivity contribution in [2.45, 2.75) is 6.42 Å². The van der Waals surface area contributed by atoms with Crippen LogP contribution in [0.5, 0.6) is 0 Å². The van der Waals surface area contributed by atoms with Crippen molar-refractivity contribution in [1.29, 1.82) is 0 Å². The number of carbonyl (C=O) groups excluding carboxylic acids is 3. The van der Waals surface area contributed by atoms with E-state index >= 15 is 0 Å². The van der Waals surface area contributed by atoms with E-state index in [1.54, 1.807) is 7.11 Å². The van der Waals surface area contributed by atoms with Crippen LogP contribution in [0.4, 0.5) is 0 Å². The van der Waals surface area contributed by atoms with Crippen LogP contribution in [0.1, 0.15) is 37.5 Å². The molecule has 0 saturated heterocycles. The number of nitrogens with one attached hydrogen (secondary N) is 1. The minimum absolute atomic E-state index is 0.0736. The molecule has 1 aromatic carbocycles. The second-order valence-corrected chi connectivity index (χ2v) is 5.46. The average Bonchev–Trinajstić information content (AvgIpc) is 2.86. The third-order valence-electron chi connectivity index (χ3n) is 3.73. The van der Waals surface area contributed by atoms with Crippen LogP contribution in [-0.2, 0) is 9.47 Å². The van der Waals surface area contributed by atoms with Gasteiger partial charge in [0.15, 0.2) is 0 Å². The van der Waals surface area contributed by atoms with Gasteiger partial charge in [0.1, 0.15) is 0 Å². The Bertz CT molecular complexity index is 646. The Morgan fingerprint density at radius 2 is 1.92 bits per heavy atom. The third-order valence-corrected chi connectivity index (χ3v) is 3.73. The fourth-order valence-corrected chi connectivity index (χ4v) is 2.51. The van der Waals surface area contributed by atoms with Crippen LogP contribution < -0.4 is 5.32 Å². The normalized spacial score (nSPS) is 13.3. The molecule has 0 fully saturated rings. The van der Waals surface area contributed by atoms with Gasteiger partial charge in [0.2, 0.25) is 0 Å². The summed E-state index contributed by atoms with van der Waals surface area (Å²) in [6, 6.07) is 4.46. The SMILES string of the molecule is COCCCN1C(=O)c2ccc(C(=O)NCCOCCO)cc2C1=O. The first kappa shape index (κ1) is 19.0. The standard InChI is InChI=1S/C17H22N2O6/c1-24-8-2-6-19-16(22)13-4-3-12(11-14(13)17(19)23)15(21)18-5-9-25-10-7-20/h3-4,11,20H,2,5-10H2,1H3,(H,18,21). The van der Waals surface area contributed by atoms with Crippen LogP contribution in [0.3, 0.4) is 0 Å². The van der Waals surface area contributed by atoms with E-state index in [1.807, 2.05) is 0 Å². The number of nitrogens with zero attached hydrogens (tertiary/aromatic N) is 1. The van der Waals surface area contributed by atoms with Crippen molar-refractivity contribution >= 4 is 17.7 Å². The van der Waals surface area contributed by atoms with Crippen molar-refractivity contribution in [2.75, 3.05) is 46.6 Å². The molecular weight excluding hydrogens is 328 g/mol. The van der Waals surface area contributed by atoms with Gasteiger partial charge >= 0.3 is 0 Å². The molecule has 0 unspecified atom stereocenters. The van der Waals surface area contributed by atoms with Gasteiger partial charge in [-0.25, -0.2) is 0 Å². The Morgan fingerprint density at radius 3 is 2.64 bits per heavy atom. The summed E-state index contributed by atoms with van der Waals surface area (Å²) in [6.45, 7) is 1.44. The van der Waals surface area contributed by atoms with Crippen LogP contribution in [-0.4, -0.2) is 74.4 Å². The zero-order chi connectivity index (χ0) is 18.2. The summed E-state index contributed by atoms with van der Waals surface area (Å²) in [6.07, 6.45) is 0.559. The van der Waals surface area contributed by atoms with Crippen molar-refractivity contribution < 1.29 is 29.0 Å². The predicted molar refractivity (Wildman–Crippen MR) is 88.5 cm³/mol. The van der Waals surface area contributed by atoms with Gasteiger partial charge < -0.3 is 19.9 Å². The molecule has 1 aromatic rings. The monoisotopic (exact) mass is 350 g/mol. The highest BCUT2D eigenvalue weighted by atomic mass is 16.5. The zero-order valence-corrected chi connectivity index (χ0v) is 14.1. The van der Waals surface area contributed by atoms with Crippen molar-refractivity contribution in [2.24, 2.45) is 0 Å². The van der Waals surface area contributed by atoms with Gasteiger partial charge in [-0.15, -0.1) is 0 Å². The number of hydrogen-bond acceptors (Lipinski definition) is 6. The van der Waals surface area contributed by atoms with E-state index in [2.05, 4.69) is 5.32 Å². The maximum absolute atomic E-state index is 12.4. The molecule has 136 valence electrons. The molecule has 0 saturated carbocycles. The number of ether oxygens (including phenoxy) is 2. The molecule has 0 spiro atoms. The van der Waals surface area contributed by atoms with Crippen LogP contribution in [0.25, 0.3) is 0 Å². The highest BCUT2D eigenvalue weighted by Crippen LogP contribution is 2.24. The highest BCUT2D eigenvalue weighted by Gasteiger charge is 2.35. The predicted octanol–water partition coefficient (Wildman–Crippen LogP) is 0.0578. The zero-order valence-electron chi connectivity index (χ0n) is 14.1. The number of aliphatic hydroxyl groups is 1. The summed E-state index contributed by atoms with van der Waals surface area (Å²) in [5, 5.41) is 11.3. The molecule has 8 heteroatoms. The topological polar surface area (TPSA) is 105 Å². The molecule has 0 aliphatic carbocycles. The van der Waals surface area contributed by atoms with E-state index in [0.29, 0.717) is 24.2 Å². The average molecular weight is 350 g/mol. The second-order valence-electron chi connectivity index (χ2n) is 5.46. The summed E-state index contributed by atoms with van der Waals surface area (Å²) in [5.74, 6) is -1.09. The lowest BCUT2D eigenvalue weighted by molar-refractivity contribution is 0.0638. The number of hydrogen-bond donors (Lipinski definition) is 2. The fraction of sp³-hybridized carbons (Fsp3) is 0.471. The van der Waals surface area contributed by atoms with Gasteiger partial charge in [0.05, 0.1) is 30.9 Å². The maximum Gasteiger partial charge on any atom is 0.261 e. The van der Waals surface area contributed by atoms with Crippen LogP contribution in [0.2, 0.25) is 0 Å². The lowest BCUT2D eigenvalue weighted by Crippen LogP contribution is -2.31. The van der Waals surface area contributed by atoms with E-state index in [9.17, 15) is 14.4 Å². The summed E-state index contributed by atoms with van der Waals surface area (Å²) in [4.78, 5) is 38.0. The number of carbonyl (C=O) groups is 3. The van der Waals surface area contributed by atoms with E-state index < -0.39 is 5.91 Å². The van der Waals surface area contributed by atoms with Gasteiger partial charge in [0.25, 0.3) is 17.7 Å². The molecule has 1 aliphatic heterocycles. The second kappa shape index (κ2) is 9.26. The Balaban J connectivity index is 1.99. The molecule has 2 N–H and O–H groups in total. The lowest BCUT2D eigenvalue weighted by atomic mass is 10.1. The Kier molecular flexibility index (Phi) is 7.05. The number of rotatable bonds is 10. The minimum atomic E-state index is -0.392. The van der Waals surface area contributed by atoms with Gasteiger partial charge in [-0.1, -0.05) is 0 Å². The number of fused-ring (bicyclic) bond motifs is 1. The molecule has 2 rings (SSSR count). The molecule has 1 aliphatic rings. The van der Waals surface area contributed by atoms with E-state index in [4.69, 9.17) is 14.6 Å². The molecule has 8 nitrogen and oxygen atoms in total. The van der Waals surface area contributed by atoms with Gasteiger partial charge in [-0.2, -0.15) is 0 Å². The Hall–Kier alpha value is -2.29. The first-order valence-electron chi connectivity index (χ1n) is 8.06. The number of imide groups is 1. The lowest BCUT2D eigenvalue weighted by Gasteiger charge is -2.12.